The monoisotopic (exact) mass is 286 g/mol. The minimum Gasteiger partial charge on any atom is -0.396 e. The molecule has 2 atom stereocenters. The van der Waals surface area contributed by atoms with Crippen molar-refractivity contribution in [1.29, 1.82) is 0 Å². The van der Waals surface area contributed by atoms with Gasteiger partial charge in [0.15, 0.2) is 0 Å². The van der Waals surface area contributed by atoms with Crippen molar-refractivity contribution in [3.8, 4) is 0 Å². The van der Waals surface area contributed by atoms with Crippen molar-refractivity contribution >= 4 is 18.3 Å². The number of amides is 1. The summed E-state index contributed by atoms with van der Waals surface area (Å²) < 4.78 is 0. The SMILES string of the molecule is CCCC(N)C(=O)NCC(CO)c1ccccc1.Cl. The highest BCUT2D eigenvalue weighted by Gasteiger charge is 2.15. The maximum Gasteiger partial charge on any atom is 0.236 e. The third-order valence-corrected chi connectivity index (χ3v) is 2.95. The highest BCUT2D eigenvalue weighted by atomic mass is 35.5. The Labute approximate surface area is 120 Å². The molecule has 108 valence electrons. The number of carbonyl (C=O) groups is 1. The molecule has 2 unspecified atom stereocenters. The Morgan fingerprint density at radius 2 is 2.00 bits per heavy atom. The number of halogens is 1. The van der Waals surface area contributed by atoms with Gasteiger partial charge in [-0.1, -0.05) is 43.7 Å². The summed E-state index contributed by atoms with van der Waals surface area (Å²) in [6, 6.07) is 9.20. The van der Waals surface area contributed by atoms with E-state index in [9.17, 15) is 9.90 Å². The summed E-state index contributed by atoms with van der Waals surface area (Å²) in [6.07, 6.45) is 1.57. The van der Waals surface area contributed by atoms with E-state index in [-0.39, 0.29) is 30.8 Å². The summed E-state index contributed by atoms with van der Waals surface area (Å²) in [5, 5.41) is 12.1. The summed E-state index contributed by atoms with van der Waals surface area (Å²) in [7, 11) is 0. The van der Waals surface area contributed by atoms with Crippen LogP contribution in [-0.4, -0.2) is 30.2 Å². The summed E-state index contributed by atoms with van der Waals surface area (Å²) >= 11 is 0. The Balaban J connectivity index is 0.00000324. The van der Waals surface area contributed by atoms with Crippen LogP contribution >= 0.6 is 12.4 Å². The van der Waals surface area contributed by atoms with Gasteiger partial charge in [-0.2, -0.15) is 0 Å². The predicted molar refractivity (Wildman–Crippen MR) is 79.4 cm³/mol. The lowest BCUT2D eigenvalue weighted by molar-refractivity contribution is -0.122. The second-order valence-corrected chi connectivity index (χ2v) is 4.43. The van der Waals surface area contributed by atoms with E-state index in [2.05, 4.69) is 5.32 Å². The normalized spacial score (nSPS) is 13.2. The molecule has 1 aromatic rings. The first-order valence-electron chi connectivity index (χ1n) is 6.38. The van der Waals surface area contributed by atoms with Gasteiger partial charge in [0.1, 0.15) is 0 Å². The number of aliphatic hydroxyl groups is 1. The predicted octanol–water partition coefficient (Wildman–Crippen LogP) is 1.43. The van der Waals surface area contributed by atoms with E-state index in [0.717, 1.165) is 12.0 Å². The summed E-state index contributed by atoms with van der Waals surface area (Å²) in [4.78, 5) is 11.7. The standard InChI is InChI=1S/C14H22N2O2.ClH/c1-2-6-13(15)14(18)16-9-12(10-17)11-7-4-3-5-8-11;/h3-5,7-8,12-13,17H,2,6,9-10,15H2,1H3,(H,16,18);1H. The molecule has 0 aliphatic carbocycles. The Hall–Kier alpha value is -1.10. The number of nitrogens with two attached hydrogens (primary N) is 1. The molecular formula is C14H23ClN2O2. The van der Waals surface area contributed by atoms with Gasteiger partial charge in [0.25, 0.3) is 0 Å². The average Bonchev–Trinajstić information content (AvgIpc) is 2.40. The van der Waals surface area contributed by atoms with Crippen LogP contribution in [0.1, 0.15) is 31.2 Å². The zero-order valence-corrected chi connectivity index (χ0v) is 12.0. The van der Waals surface area contributed by atoms with E-state index >= 15 is 0 Å². The lowest BCUT2D eigenvalue weighted by atomic mass is 10.00. The van der Waals surface area contributed by atoms with E-state index in [4.69, 9.17) is 5.73 Å². The maximum absolute atomic E-state index is 11.7. The minimum atomic E-state index is -0.454. The number of benzene rings is 1. The molecular weight excluding hydrogens is 264 g/mol. The van der Waals surface area contributed by atoms with Gasteiger partial charge in [-0.3, -0.25) is 4.79 Å². The summed E-state index contributed by atoms with van der Waals surface area (Å²) in [5.41, 5.74) is 6.74. The first-order valence-corrected chi connectivity index (χ1v) is 6.38. The van der Waals surface area contributed by atoms with Crippen LogP contribution in [-0.2, 0) is 4.79 Å². The number of hydrogen-bond acceptors (Lipinski definition) is 3. The van der Waals surface area contributed by atoms with Gasteiger partial charge >= 0.3 is 0 Å². The van der Waals surface area contributed by atoms with Gasteiger partial charge in [-0.05, 0) is 12.0 Å². The fourth-order valence-electron chi connectivity index (χ4n) is 1.81. The van der Waals surface area contributed by atoms with Crippen LogP contribution in [0.4, 0.5) is 0 Å². The second-order valence-electron chi connectivity index (χ2n) is 4.43. The molecule has 4 N–H and O–H groups in total. The van der Waals surface area contributed by atoms with E-state index in [1.54, 1.807) is 0 Å². The molecule has 4 nitrogen and oxygen atoms in total. The van der Waals surface area contributed by atoms with Crippen molar-refractivity contribution in [2.45, 2.75) is 31.7 Å². The highest BCUT2D eigenvalue weighted by molar-refractivity contribution is 5.85. The van der Waals surface area contributed by atoms with Crippen molar-refractivity contribution in [3.05, 3.63) is 35.9 Å². The molecule has 1 amide bonds. The molecule has 1 rings (SSSR count). The van der Waals surface area contributed by atoms with Crippen LogP contribution in [0, 0.1) is 0 Å². The largest absolute Gasteiger partial charge is 0.396 e. The molecule has 5 heteroatoms. The Kier molecular flexibility index (Phi) is 9.21. The Morgan fingerprint density at radius 1 is 1.37 bits per heavy atom. The van der Waals surface area contributed by atoms with Crippen LogP contribution in [0.25, 0.3) is 0 Å². The lowest BCUT2D eigenvalue weighted by Gasteiger charge is -2.17. The molecule has 0 bridgehead atoms. The number of aliphatic hydroxyl groups excluding tert-OH is 1. The first kappa shape index (κ1) is 17.9. The van der Waals surface area contributed by atoms with Gasteiger partial charge in [0.2, 0.25) is 5.91 Å². The van der Waals surface area contributed by atoms with Crippen molar-refractivity contribution in [2.75, 3.05) is 13.2 Å². The third-order valence-electron chi connectivity index (χ3n) is 2.95. The molecule has 0 saturated carbocycles. The van der Waals surface area contributed by atoms with Crippen molar-refractivity contribution in [1.82, 2.24) is 5.32 Å². The number of nitrogens with one attached hydrogen (secondary N) is 1. The Bertz CT molecular complexity index is 360. The van der Waals surface area contributed by atoms with Crippen LogP contribution < -0.4 is 11.1 Å². The topological polar surface area (TPSA) is 75.4 Å². The molecule has 1 aromatic carbocycles. The molecule has 0 aliphatic rings. The van der Waals surface area contributed by atoms with E-state index in [0.29, 0.717) is 13.0 Å². The molecule has 0 fully saturated rings. The Morgan fingerprint density at radius 3 is 2.53 bits per heavy atom. The van der Waals surface area contributed by atoms with E-state index < -0.39 is 6.04 Å². The molecule has 0 heterocycles. The second kappa shape index (κ2) is 9.78. The van der Waals surface area contributed by atoms with Crippen molar-refractivity contribution in [2.24, 2.45) is 5.73 Å². The number of hydrogen-bond donors (Lipinski definition) is 3. The highest BCUT2D eigenvalue weighted by Crippen LogP contribution is 2.13. The van der Waals surface area contributed by atoms with E-state index in [1.807, 2.05) is 37.3 Å². The molecule has 0 radical (unpaired) electrons. The zero-order chi connectivity index (χ0) is 13.4. The quantitative estimate of drug-likeness (QED) is 0.710. The zero-order valence-electron chi connectivity index (χ0n) is 11.2. The smallest absolute Gasteiger partial charge is 0.236 e. The molecule has 0 spiro atoms. The summed E-state index contributed by atoms with van der Waals surface area (Å²) in [5.74, 6) is -0.227. The first-order chi connectivity index (χ1) is 8.69. The molecule has 19 heavy (non-hydrogen) atoms. The van der Waals surface area contributed by atoms with Crippen molar-refractivity contribution < 1.29 is 9.90 Å². The van der Waals surface area contributed by atoms with Gasteiger partial charge < -0.3 is 16.2 Å². The average molecular weight is 287 g/mol. The van der Waals surface area contributed by atoms with Gasteiger partial charge in [-0.25, -0.2) is 0 Å². The van der Waals surface area contributed by atoms with Gasteiger partial charge in [0, 0.05) is 12.5 Å². The fraction of sp³-hybridized carbons (Fsp3) is 0.500. The van der Waals surface area contributed by atoms with Crippen LogP contribution in [0.2, 0.25) is 0 Å². The van der Waals surface area contributed by atoms with Crippen LogP contribution in [0.15, 0.2) is 30.3 Å². The molecule has 0 aromatic heterocycles. The van der Waals surface area contributed by atoms with Crippen molar-refractivity contribution in [3.63, 3.8) is 0 Å². The third kappa shape index (κ3) is 6.05. The van der Waals surface area contributed by atoms with Gasteiger partial charge in [-0.15, -0.1) is 12.4 Å². The fourth-order valence-corrected chi connectivity index (χ4v) is 1.81. The van der Waals surface area contributed by atoms with Gasteiger partial charge in [0.05, 0.1) is 12.6 Å². The van der Waals surface area contributed by atoms with E-state index in [1.165, 1.54) is 0 Å². The molecule has 0 saturated heterocycles. The number of carbonyl (C=O) groups excluding carboxylic acids is 1. The van der Waals surface area contributed by atoms with Crippen LogP contribution in [0.5, 0.6) is 0 Å². The van der Waals surface area contributed by atoms with Crippen LogP contribution in [0.3, 0.4) is 0 Å². The number of rotatable bonds is 7. The summed E-state index contributed by atoms with van der Waals surface area (Å²) in [6.45, 7) is 2.41. The molecule has 0 aliphatic heterocycles. The lowest BCUT2D eigenvalue weighted by Crippen LogP contribution is -2.42. The maximum atomic E-state index is 11.7. The minimum absolute atomic E-state index is 0.